The first-order valence-corrected chi connectivity index (χ1v) is 3.97. The summed E-state index contributed by atoms with van der Waals surface area (Å²) < 4.78 is 38.5. The smallest absolute Gasteiger partial charge is 0.422 e. The first-order chi connectivity index (χ1) is 6.66. The minimum Gasteiger partial charge on any atom is -0.440 e. The highest BCUT2D eigenvalue weighted by atomic mass is 19.4. The van der Waals surface area contributed by atoms with Gasteiger partial charge in [0.05, 0.1) is 13.2 Å². The number of carbonyl (C=O) groups excluding carboxylic acids is 1. The molecule has 3 N–H and O–H groups in total. The zero-order valence-electron chi connectivity index (χ0n) is 7.97. The van der Waals surface area contributed by atoms with E-state index in [1.807, 2.05) is 5.32 Å². The number of amides is 1. The van der Waals surface area contributed by atoms with E-state index in [4.69, 9.17) is 10.2 Å². The van der Waals surface area contributed by atoms with E-state index in [-0.39, 0.29) is 0 Å². The Morgan fingerprint density at radius 3 is 2.40 bits per heavy atom. The third-order valence-electron chi connectivity index (χ3n) is 1.32. The van der Waals surface area contributed by atoms with Crippen molar-refractivity contribution >= 4 is 6.09 Å². The molecule has 1 amide bonds. The predicted molar refractivity (Wildman–Crippen MR) is 43.1 cm³/mol. The van der Waals surface area contributed by atoms with Gasteiger partial charge in [0.25, 0.3) is 0 Å². The lowest BCUT2D eigenvalue weighted by Gasteiger charge is -2.20. The van der Waals surface area contributed by atoms with Crippen LogP contribution < -0.4 is 5.32 Å². The van der Waals surface area contributed by atoms with Gasteiger partial charge in [-0.3, -0.25) is 0 Å². The van der Waals surface area contributed by atoms with Gasteiger partial charge in [0.2, 0.25) is 0 Å². The summed E-state index contributed by atoms with van der Waals surface area (Å²) in [5.74, 6) is 0. The Morgan fingerprint density at radius 2 is 2.00 bits per heavy atom. The molecule has 1 atom stereocenters. The van der Waals surface area contributed by atoms with Crippen LogP contribution in [0.4, 0.5) is 18.0 Å². The first-order valence-electron chi connectivity index (χ1n) is 3.97. The molecule has 0 aromatic rings. The number of aliphatic hydroxyl groups excluding tert-OH is 1. The number of carbonyl (C=O) groups is 1. The fraction of sp³-hybridized carbons (Fsp3) is 0.857. The molecule has 8 heteroatoms. The van der Waals surface area contributed by atoms with E-state index in [2.05, 4.69) is 4.74 Å². The van der Waals surface area contributed by atoms with E-state index in [0.29, 0.717) is 0 Å². The molecule has 0 radical (unpaired) electrons. The van der Waals surface area contributed by atoms with E-state index < -0.39 is 37.6 Å². The Balaban J connectivity index is 3.77. The van der Waals surface area contributed by atoms with Crippen LogP contribution in [0, 0.1) is 0 Å². The van der Waals surface area contributed by atoms with Gasteiger partial charge in [-0.05, 0) is 6.92 Å². The van der Waals surface area contributed by atoms with E-state index in [1.165, 1.54) is 6.92 Å². The summed E-state index contributed by atoms with van der Waals surface area (Å²) in [5, 5.41) is 19.6. The van der Waals surface area contributed by atoms with Crippen molar-refractivity contribution in [1.29, 1.82) is 0 Å². The number of nitrogens with one attached hydrogen (secondary N) is 1. The van der Waals surface area contributed by atoms with Gasteiger partial charge in [-0.2, -0.15) is 13.2 Å². The van der Waals surface area contributed by atoms with Crippen molar-refractivity contribution in [1.82, 2.24) is 5.32 Å². The molecule has 0 aliphatic heterocycles. The summed E-state index contributed by atoms with van der Waals surface area (Å²) in [6.45, 7) is -1.52. The van der Waals surface area contributed by atoms with Crippen LogP contribution in [0.25, 0.3) is 0 Å². The molecule has 0 aliphatic carbocycles. The topological polar surface area (TPSA) is 78.8 Å². The van der Waals surface area contributed by atoms with Crippen LogP contribution in [-0.4, -0.2) is 47.8 Å². The first kappa shape index (κ1) is 14.0. The summed E-state index contributed by atoms with van der Waals surface area (Å²) in [7, 11) is 0. The van der Waals surface area contributed by atoms with Crippen LogP contribution in [0.1, 0.15) is 6.92 Å². The average Bonchev–Trinajstić information content (AvgIpc) is 2.10. The molecule has 0 aromatic carbocycles. The predicted octanol–water partition coefficient (Wildman–Crippen LogP) is 0.0182. The number of halogens is 3. The van der Waals surface area contributed by atoms with Gasteiger partial charge >= 0.3 is 12.3 Å². The zero-order valence-corrected chi connectivity index (χ0v) is 7.97. The molecular formula is C7H12F3NO4. The van der Waals surface area contributed by atoms with Crippen molar-refractivity contribution in [3.63, 3.8) is 0 Å². The minimum atomic E-state index is -4.59. The Labute approximate surface area is 83.8 Å². The maximum atomic E-state index is 11.6. The van der Waals surface area contributed by atoms with Crippen molar-refractivity contribution in [2.75, 3.05) is 19.8 Å². The van der Waals surface area contributed by atoms with Crippen molar-refractivity contribution in [2.45, 2.75) is 18.7 Å². The van der Waals surface area contributed by atoms with E-state index in [9.17, 15) is 18.0 Å². The highest BCUT2D eigenvalue weighted by Gasteiger charge is 2.30. The second-order valence-corrected chi connectivity index (χ2v) is 3.20. The molecule has 15 heavy (non-hydrogen) atoms. The molecule has 0 saturated heterocycles. The van der Waals surface area contributed by atoms with Crippen LogP contribution >= 0.6 is 0 Å². The SMILES string of the molecule is CC(O)(CO)CNC(=O)OCC(F)(F)F. The van der Waals surface area contributed by atoms with E-state index >= 15 is 0 Å². The summed E-state index contributed by atoms with van der Waals surface area (Å²) in [5.41, 5.74) is -1.59. The maximum Gasteiger partial charge on any atom is 0.422 e. The summed E-state index contributed by atoms with van der Waals surface area (Å²) in [6.07, 6.45) is -5.89. The summed E-state index contributed by atoms with van der Waals surface area (Å²) in [4.78, 5) is 10.6. The minimum absolute atomic E-state index is 0.403. The standard InChI is InChI=1S/C7H12F3NO4/c1-6(14,3-12)2-11-5(13)15-4-7(8,9)10/h12,14H,2-4H2,1H3,(H,11,13). The van der Waals surface area contributed by atoms with Crippen molar-refractivity contribution in [3.05, 3.63) is 0 Å². The van der Waals surface area contributed by atoms with Gasteiger partial charge in [0, 0.05) is 0 Å². The molecule has 0 aliphatic rings. The van der Waals surface area contributed by atoms with Gasteiger partial charge in [-0.15, -0.1) is 0 Å². The molecule has 0 bridgehead atoms. The fourth-order valence-electron chi connectivity index (χ4n) is 0.517. The third-order valence-corrected chi connectivity index (χ3v) is 1.32. The molecule has 0 aromatic heterocycles. The average molecular weight is 231 g/mol. The largest absolute Gasteiger partial charge is 0.440 e. The monoisotopic (exact) mass is 231 g/mol. The van der Waals surface area contributed by atoms with E-state index in [0.717, 1.165) is 0 Å². The lowest BCUT2D eigenvalue weighted by atomic mass is 10.1. The van der Waals surface area contributed by atoms with Gasteiger partial charge in [0.1, 0.15) is 5.60 Å². The Kier molecular flexibility index (Phi) is 4.82. The quantitative estimate of drug-likeness (QED) is 0.637. The number of alkyl halides is 3. The molecular weight excluding hydrogens is 219 g/mol. The Hall–Kier alpha value is -1.02. The highest BCUT2D eigenvalue weighted by molar-refractivity contribution is 5.67. The van der Waals surface area contributed by atoms with E-state index in [1.54, 1.807) is 0 Å². The van der Waals surface area contributed by atoms with Gasteiger partial charge in [-0.25, -0.2) is 4.79 Å². The number of ether oxygens (including phenoxy) is 1. The second kappa shape index (κ2) is 5.17. The van der Waals surface area contributed by atoms with Crippen LogP contribution in [0.5, 0.6) is 0 Å². The maximum absolute atomic E-state index is 11.6. The second-order valence-electron chi connectivity index (χ2n) is 3.20. The molecule has 0 fully saturated rings. The highest BCUT2D eigenvalue weighted by Crippen LogP contribution is 2.14. The van der Waals surface area contributed by atoms with Crippen LogP contribution in [0.2, 0.25) is 0 Å². The van der Waals surface area contributed by atoms with Crippen LogP contribution in [-0.2, 0) is 4.74 Å². The Bertz CT molecular complexity index is 217. The van der Waals surface area contributed by atoms with Crippen LogP contribution in [0.15, 0.2) is 0 Å². The molecule has 0 saturated carbocycles. The summed E-state index contributed by atoms with van der Waals surface area (Å²) >= 11 is 0. The van der Waals surface area contributed by atoms with Gasteiger partial charge < -0.3 is 20.3 Å². The van der Waals surface area contributed by atoms with Crippen LogP contribution in [0.3, 0.4) is 0 Å². The molecule has 0 spiro atoms. The van der Waals surface area contributed by atoms with Crippen molar-refractivity contribution in [2.24, 2.45) is 0 Å². The zero-order chi connectivity index (χ0) is 12.1. The molecule has 0 rings (SSSR count). The van der Waals surface area contributed by atoms with Gasteiger partial charge in [0.15, 0.2) is 6.61 Å². The lowest BCUT2D eigenvalue weighted by Crippen LogP contribution is -2.43. The van der Waals surface area contributed by atoms with Crippen molar-refractivity contribution < 1.29 is 32.9 Å². The van der Waals surface area contributed by atoms with Crippen molar-refractivity contribution in [3.8, 4) is 0 Å². The van der Waals surface area contributed by atoms with Gasteiger partial charge in [-0.1, -0.05) is 0 Å². The third kappa shape index (κ3) is 8.01. The Morgan fingerprint density at radius 1 is 1.47 bits per heavy atom. The molecule has 5 nitrogen and oxygen atoms in total. The summed E-state index contributed by atoms with van der Waals surface area (Å²) in [6, 6.07) is 0. The molecule has 1 unspecified atom stereocenters. The number of alkyl carbamates (subject to hydrolysis) is 1. The lowest BCUT2D eigenvalue weighted by molar-refractivity contribution is -0.160. The molecule has 90 valence electrons. The number of hydrogen-bond acceptors (Lipinski definition) is 4. The number of hydrogen-bond donors (Lipinski definition) is 3. The normalized spacial score (nSPS) is 15.6. The fourth-order valence-corrected chi connectivity index (χ4v) is 0.517. The molecule has 0 heterocycles. The number of rotatable bonds is 4. The number of aliphatic hydroxyl groups is 2.